The van der Waals surface area contributed by atoms with Crippen molar-refractivity contribution in [2.75, 3.05) is 13.6 Å². The zero-order valence-electron chi connectivity index (χ0n) is 17.6. The quantitative estimate of drug-likeness (QED) is 0.571. The summed E-state index contributed by atoms with van der Waals surface area (Å²) in [5.41, 5.74) is 1.37. The number of hydrogen-bond acceptors (Lipinski definition) is 3. The molecule has 0 spiro atoms. The summed E-state index contributed by atoms with van der Waals surface area (Å²) in [5, 5.41) is 7.02. The molecule has 0 bridgehead atoms. The molecule has 6 heteroatoms. The van der Waals surface area contributed by atoms with E-state index in [9.17, 15) is 0 Å². The van der Waals surface area contributed by atoms with Gasteiger partial charge in [-0.25, -0.2) is 4.98 Å². The van der Waals surface area contributed by atoms with E-state index in [0.717, 1.165) is 37.8 Å². The van der Waals surface area contributed by atoms with Gasteiger partial charge in [-0.2, -0.15) is 0 Å². The van der Waals surface area contributed by atoms with Gasteiger partial charge in [0.05, 0.1) is 6.54 Å². The van der Waals surface area contributed by atoms with Crippen molar-refractivity contribution in [2.24, 2.45) is 10.9 Å². The third-order valence-corrected chi connectivity index (χ3v) is 5.27. The van der Waals surface area contributed by atoms with Crippen molar-refractivity contribution in [1.82, 2.24) is 25.1 Å². The molecule has 2 N–H and O–H groups in total. The molecule has 1 fully saturated rings. The van der Waals surface area contributed by atoms with Crippen LogP contribution >= 0.6 is 0 Å². The Kier molecular flexibility index (Phi) is 7.09. The number of nitrogens with one attached hydrogen (secondary N) is 2. The molecule has 2 atom stereocenters. The zero-order chi connectivity index (χ0) is 19.9. The van der Waals surface area contributed by atoms with Crippen LogP contribution in [0.4, 0.5) is 0 Å². The molecule has 2 unspecified atom stereocenters. The number of nitrogens with zero attached hydrogens (tertiary/aromatic N) is 4. The average molecular weight is 383 g/mol. The Balaban J connectivity index is 1.50. The fourth-order valence-electron chi connectivity index (χ4n) is 3.86. The van der Waals surface area contributed by atoms with E-state index in [0.29, 0.717) is 24.5 Å². The van der Waals surface area contributed by atoms with Crippen molar-refractivity contribution in [3.63, 3.8) is 0 Å². The van der Waals surface area contributed by atoms with Gasteiger partial charge < -0.3 is 15.2 Å². The number of likely N-dealkylation sites (tertiary alicyclic amines) is 1. The van der Waals surface area contributed by atoms with Gasteiger partial charge in [0.2, 0.25) is 0 Å². The SMILES string of the molecule is CN=C(NCc1nccn1CC(C)C)NC1CC(C)N(Cc2ccccc2)C1. The number of aliphatic imine (C=N–C) groups is 1. The van der Waals surface area contributed by atoms with Gasteiger partial charge >= 0.3 is 0 Å². The second kappa shape index (κ2) is 9.73. The molecule has 1 aliphatic rings. The molecule has 1 aromatic heterocycles. The molecule has 6 nitrogen and oxygen atoms in total. The predicted octanol–water partition coefficient (Wildman–Crippen LogP) is 2.87. The second-order valence-electron chi connectivity index (χ2n) is 8.16. The second-order valence-corrected chi connectivity index (χ2v) is 8.16. The lowest BCUT2D eigenvalue weighted by molar-refractivity contribution is 0.258. The predicted molar refractivity (Wildman–Crippen MR) is 115 cm³/mol. The average Bonchev–Trinajstić information content (AvgIpc) is 3.25. The van der Waals surface area contributed by atoms with E-state index >= 15 is 0 Å². The van der Waals surface area contributed by atoms with Crippen LogP contribution in [0, 0.1) is 5.92 Å². The summed E-state index contributed by atoms with van der Waals surface area (Å²) < 4.78 is 2.21. The summed E-state index contributed by atoms with van der Waals surface area (Å²) in [7, 11) is 1.83. The number of aromatic nitrogens is 2. The molecule has 1 aliphatic heterocycles. The van der Waals surface area contributed by atoms with Gasteiger partial charge in [-0.15, -0.1) is 0 Å². The van der Waals surface area contributed by atoms with Gasteiger partial charge in [0.1, 0.15) is 5.82 Å². The third-order valence-electron chi connectivity index (χ3n) is 5.27. The monoisotopic (exact) mass is 382 g/mol. The summed E-state index contributed by atoms with van der Waals surface area (Å²) in [6.07, 6.45) is 5.04. The van der Waals surface area contributed by atoms with Crippen LogP contribution in [0.5, 0.6) is 0 Å². The van der Waals surface area contributed by atoms with E-state index in [1.54, 1.807) is 0 Å². The third kappa shape index (κ3) is 5.58. The maximum atomic E-state index is 4.49. The van der Waals surface area contributed by atoms with Gasteiger partial charge in [-0.05, 0) is 24.8 Å². The standard InChI is InChI=1S/C22H34N6/c1-17(2)14-27-11-10-24-21(27)13-25-22(23-4)26-20-12-18(3)28(16-20)15-19-8-6-5-7-9-19/h5-11,17-18,20H,12-16H2,1-4H3,(H2,23,25,26). The molecule has 2 aromatic rings. The number of rotatable bonds is 7. The Bertz CT molecular complexity index is 751. The Hall–Kier alpha value is -2.34. The van der Waals surface area contributed by atoms with Crippen LogP contribution in [0.2, 0.25) is 0 Å². The van der Waals surface area contributed by atoms with Crippen LogP contribution in [0.15, 0.2) is 47.7 Å². The Labute approximate surface area is 169 Å². The molecule has 28 heavy (non-hydrogen) atoms. The molecule has 3 rings (SSSR count). The zero-order valence-corrected chi connectivity index (χ0v) is 17.6. The first kappa shape index (κ1) is 20.4. The maximum absolute atomic E-state index is 4.49. The highest BCUT2D eigenvalue weighted by atomic mass is 15.3. The number of hydrogen-bond donors (Lipinski definition) is 2. The maximum Gasteiger partial charge on any atom is 0.191 e. The van der Waals surface area contributed by atoms with E-state index in [2.05, 4.69) is 81.2 Å². The van der Waals surface area contributed by atoms with Crippen LogP contribution in [0.25, 0.3) is 0 Å². The van der Waals surface area contributed by atoms with Crippen LogP contribution in [0.1, 0.15) is 38.6 Å². The summed E-state index contributed by atoms with van der Waals surface area (Å²) in [5.74, 6) is 2.49. The minimum atomic E-state index is 0.403. The lowest BCUT2D eigenvalue weighted by atomic mass is 10.2. The fraction of sp³-hybridized carbons (Fsp3) is 0.545. The highest BCUT2D eigenvalue weighted by Gasteiger charge is 2.29. The van der Waals surface area contributed by atoms with Crippen molar-refractivity contribution in [2.45, 2.75) is 58.9 Å². The van der Waals surface area contributed by atoms with Crippen LogP contribution < -0.4 is 10.6 Å². The topological polar surface area (TPSA) is 57.5 Å². The molecular formula is C22H34N6. The number of benzene rings is 1. The van der Waals surface area contributed by atoms with Crippen molar-refractivity contribution < 1.29 is 0 Å². The first-order valence-corrected chi connectivity index (χ1v) is 10.3. The molecule has 2 heterocycles. The molecule has 0 aliphatic carbocycles. The van der Waals surface area contributed by atoms with E-state index < -0.39 is 0 Å². The highest BCUT2D eigenvalue weighted by Crippen LogP contribution is 2.20. The van der Waals surface area contributed by atoms with E-state index in [1.165, 1.54) is 5.56 Å². The number of guanidine groups is 1. The summed E-state index contributed by atoms with van der Waals surface area (Å²) in [6.45, 7) is 10.4. The van der Waals surface area contributed by atoms with E-state index in [1.807, 2.05) is 19.4 Å². The van der Waals surface area contributed by atoms with Gasteiger partial charge in [-0.3, -0.25) is 9.89 Å². The highest BCUT2D eigenvalue weighted by molar-refractivity contribution is 5.79. The van der Waals surface area contributed by atoms with Gasteiger partial charge in [0, 0.05) is 51.2 Å². The number of imidazole rings is 1. The normalized spacial score (nSPS) is 20.7. The van der Waals surface area contributed by atoms with E-state index in [-0.39, 0.29) is 0 Å². The van der Waals surface area contributed by atoms with Crippen LogP contribution in [-0.4, -0.2) is 46.1 Å². The van der Waals surface area contributed by atoms with Crippen molar-refractivity contribution in [3.8, 4) is 0 Å². The van der Waals surface area contributed by atoms with Crippen LogP contribution in [-0.2, 0) is 19.6 Å². The largest absolute Gasteiger partial charge is 0.352 e. The summed E-state index contributed by atoms with van der Waals surface area (Å²) in [4.78, 5) is 11.4. The Morgan fingerprint density at radius 1 is 1.29 bits per heavy atom. The molecule has 1 saturated heterocycles. The lowest BCUT2D eigenvalue weighted by Crippen LogP contribution is -2.44. The molecular weight excluding hydrogens is 348 g/mol. The van der Waals surface area contributed by atoms with Gasteiger partial charge in [0.25, 0.3) is 0 Å². The minimum Gasteiger partial charge on any atom is -0.352 e. The molecule has 0 radical (unpaired) electrons. The van der Waals surface area contributed by atoms with Crippen molar-refractivity contribution in [3.05, 3.63) is 54.1 Å². The summed E-state index contributed by atoms with van der Waals surface area (Å²) in [6, 6.07) is 11.7. The van der Waals surface area contributed by atoms with Gasteiger partial charge in [0.15, 0.2) is 5.96 Å². The van der Waals surface area contributed by atoms with Gasteiger partial charge in [-0.1, -0.05) is 44.2 Å². The molecule has 1 aromatic carbocycles. The molecule has 0 saturated carbocycles. The van der Waals surface area contributed by atoms with Crippen LogP contribution in [0.3, 0.4) is 0 Å². The first-order chi connectivity index (χ1) is 13.5. The van der Waals surface area contributed by atoms with Crippen molar-refractivity contribution >= 4 is 5.96 Å². The Morgan fingerprint density at radius 2 is 2.07 bits per heavy atom. The molecule has 152 valence electrons. The van der Waals surface area contributed by atoms with Crippen molar-refractivity contribution in [1.29, 1.82) is 0 Å². The first-order valence-electron chi connectivity index (χ1n) is 10.3. The van der Waals surface area contributed by atoms with E-state index in [4.69, 9.17) is 0 Å². The minimum absolute atomic E-state index is 0.403. The lowest BCUT2D eigenvalue weighted by Gasteiger charge is -2.21. The Morgan fingerprint density at radius 3 is 2.79 bits per heavy atom. The fourth-order valence-corrected chi connectivity index (χ4v) is 3.86. The summed E-state index contributed by atoms with van der Waals surface area (Å²) >= 11 is 0. The smallest absolute Gasteiger partial charge is 0.191 e. The molecule has 0 amide bonds.